The summed E-state index contributed by atoms with van der Waals surface area (Å²) in [7, 11) is 0. The van der Waals surface area contributed by atoms with E-state index in [4.69, 9.17) is 0 Å². The summed E-state index contributed by atoms with van der Waals surface area (Å²) >= 11 is 0. The van der Waals surface area contributed by atoms with Crippen LogP contribution in [0.25, 0.3) is 66.1 Å². The van der Waals surface area contributed by atoms with E-state index in [0.29, 0.717) is 0 Å². The van der Waals surface area contributed by atoms with Crippen molar-refractivity contribution < 1.29 is 0 Å². The van der Waals surface area contributed by atoms with E-state index in [-0.39, 0.29) is 11.3 Å². The van der Waals surface area contributed by atoms with Crippen molar-refractivity contribution in [3.63, 3.8) is 0 Å². The highest BCUT2D eigenvalue weighted by atomic mass is 14.4. The molecule has 56 heavy (non-hydrogen) atoms. The zero-order valence-electron chi connectivity index (χ0n) is 31.7. The van der Waals surface area contributed by atoms with Gasteiger partial charge in [0.1, 0.15) is 0 Å². The average molecular weight is 713 g/mol. The van der Waals surface area contributed by atoms with Gasteiger partial charge in [-0.15, -0.1) is 0 Å². The summed E-state index contributed by atoms with van der Waals surface area (Å²) in [6.45, 7) is 4.78. The molecule has 0 heterocycles. The van der Waals surface area contributed by atoms with Gasteiger partial charge in [-0.25, -0.2) is 0 Å². The van der Waals surface area contributed by atoms with Gasteiger partial charge < -0.3 is 0 Å². The maximum Gasteiger partial charge on any atom is 0.0346 e. The Kier molecular flexibility index (Phi) is 6.68. The van der Waals surface area contributed by atoms with E-state index < -0.39 is 0 Å². The predicted molar refractivity (Wildman–Crippen MR) is 235 cm³/mol. The molecule has 0 amide bonds. The van der Waals surface area contributed by atoms with Crippen molar-refractivity contribution in [2.45, 2.75) is 38.0 Å². The second-order valence-corrected chi connectivity index (χ2v) is 16.7. The summed E-state index contributed by atoms with van der Waals surface area (Å²) < 4.78 is 0. The Hall–Kier alpha value is -6.50. The molecule has 12 rings (SSSR count). The number of hydrogen-bond acceptors (Lipinski definition) is 0. The van der Waals surface area contributed by atoms with Crippen molar-refractivity contribution in [2.24, 2.45) is 0 Å². The maximum atomic E-state index is 2.55. The van der Waals surface area contributed by atoms with Crippen LogP contribution in [-0.4, -0.2) is 0 Å². The minimum Gasteiger partial charge on any atom is -0.0619 e. The Morgan fingerprint density at radius 3 is 1.89 bits per heavy atom. The first-order chi connectivity index (χ1) is 27.5. The molecule has 9 aromatic carbocycles. The summed E-state index contributed by atoms with van der Waals surface area (Å²) in [4.78, 5) is 0. The molecule has 0 bridgehead atoms. The highest BCUT2D eigenvalue weighted by molar-refractivity contribution is 6.06. The summed E-state index contributed by atoms with van der Waals surface area (Å²) in [5.41, 5.74) is 23.6. The fraction of sp³-hybridized carbons (Fsp3) is 0.107. The molecule has 0 N–H and O–H groups in total. The van der Waals surface area contributed by atoms with Gasteiger partial charge >= 0.3 is 0 Å². The van der Waals surface area contributed by atoms with Crippen LogP contribution in [-0.2, 0) is 18.3 Å². The number of fused-ring (bicyclic) bond motifs is 11. The van der Waals surface area contributed by atoms with Crippen molar-refractivity contribution in [2.75, 3.05) is 0 Å². The zero-order chi connectivity index (χ0) is 37.1. The normalized spacial score (nSPS) is 14.5. The van der Waals surface area contributed by atoms with Crippen LogP contribution in [0, 0.1) is 0 Å². The summed E-state index contributed by atoms with van der Waals surface area (Å²) in [6.07, 6.45) is 1.90. The zero-order valence-corrected chi connectivity index (χ0v) is 31.7. The topological polar surface area (TPSA) is 0 Å². The van der Waals surface area contributed by atoms with Crippen molar-refractivity contribution in [1.29, 1.82) is 0 Å². The highest BCUT2D eigenvalue weighted by Gasteiger charge is 2.36. The Morgan fingerprint density at radius 2 is 1.00 bits per heavy atom. The van der Waals surface area contributed by atoms with Gasteiger partial charge in [0.05, 0.1) is 0 Å². The molecule has 3 aliphatic rings. The van der Waals surface area contributed by atoms with Crippen LogP contribution >= 0.6 is 0 Å². The molecule has 0 fully saturated rings. The second kappa shape index (κ2) is 11.8. The van der Waals surface area contributed by atoms with Crippen molar-refractivity contribution >= 4 is 21.5 Å². The number of benzene rings is 9. The SMILES string of the molecule is CC1(C)c2ccccc2-c2ccc(C(c3ccc4c(c3)Cc3c-4cc4ccccc4c3-c3cccc4c3Cc3ccccc3-4)c3cccc4ccccc34)cc21. The Labute approximate surface area is 328 Å². The third-order valence-corrected chi connectivity index (χ3v) is 13.5. The van der Waals surface area contributed by atoms with Crippen LogP contribution in [0.15, 0.2) is 176 Å². The lowest BCUT2D eigenvalue weighted by atomic mass is 9.78. The van der Waals surface area contributed by atoms with E-state index in [0.717, 1.165) is 12.8 Å². The second-order valence-electron chi connectivity index (χ2n) is 16.7. The Bertz CT molecular complexity index is 3110. The molecule has 0 aromatic heterocycles. The third-order valence-electron chi connectivity index (χ3n) is 13.5. The minimum atomic E-state index is -0.0673. The fourth-order valence-corrected chi connectivity index (χ4v) is 10.9. The van der Waals surface area contributed by atoms with E-state index in [1.807, 2.05) is 0 Å². The minimum absolute atomic E-state index is 0.0673. The van der Waals surface area contributed by atoms with Crippen molar-refractivity contribution in [3.05, 3.63) is 226 Å². The van der Waals surface area contributed by atoms with Crippen LogP contribution < -0.4 is 0 Å². The largest absolute Gasteiger partial charge is 0.0619 e. The molecule has 9 aromatic rings. The van der Waals surface area contributed by atoms with Crippen LogP contribution in [0.2, 0.25) is 0 Å². The molecule has 1 atom stereocenters. The van der Waals surface area contributed by atoms with E-state index in [1.54, 1.807) is 0 Å². The van der Waals surface area contributed by atoms with Crippen LogP contribution in [0.5, 0.6) is 0 Å². The van der Waals surface area contributed by atoms with Gasteiger partial charge in [0.2, 0.25) is 0 Å². The fourth-order valence-electron chi connectivity index (χ4n) is 10.9. The predicted octanol–water partition coefficient (Wildman–Crippen LogP) is 14.3. The smallest absolute Gasteiger partial charge is 0.0346 e. The van der Waals surface area contributed by atoms with Gasteiger partial charge in [0.15, 0.2) is 0 Å². The summed E-state index contributed by atoms with van der Waals surface area (Å²) in [5.74, 6) is 0.0781. The Balaban J connectivity index is 1.04. The number of rotatable bonds is 4. The molecule has 1 unspecified atom stereocenters. The van der Waals surface area contributed by atoms with E-state index in [2.05, 4.69) is 190 Å². The quantitative estimate of drug-likeness (QED) is 0.159. The maximum absolute atomic E-state index is 2.55. The van der Waals surface area contributed by atoms with Crippen LogP contribution in [0.1, 0.15) is 69.8 Å². The molecule has 0 spiro atoms. The van der Waals surface area contributed by atoms with Crippen molar-refractivity contribution in [3.8, 4) is 44.5 Å². The molecule has 0 saturated carbocycles. The van der Waals surface area contributed by atoms with Gasteiger partial charge in [-0.3, -0.25) is 0 Å². The monoisotopic (exact) mass is 712 g/mol. The molecule has 0 nitrogen and oxygen atoms in total. The van der Waals surface area contributed by atoms with Crippen LogP contribution in [0.4, 0.5) is 0 Å². The van der Waals surface area contributed by atoms with Gasteiger partial charge in [0, 0.05) is 11.3 Å². The molecular formula is C56H40. The van der Waals surface area contributed by atoms with E-state index >= 15 is 0 Å². The summed E-state index contributed by atoms with van der Waals surface area (Å²) in [5, 5.41) is 5.26. The van der Waals surface area contributed by atoms with Gasteiger partial charge in [0.25, 0.3) is 0 Å². The van der Waals surface area contributed by atoms with Gasteiger partial charge in [-0.05, 0) is 135 Å². The molecule has 0 aliphatic heterocycles. The first-order valence-electron chi connectivity index (χ1n) is 20.1. The Morgan fingerprint density at radius 1 is 0.393 bits per heavy atom. The molecule has 3 aliphatic carbocycles. The third kappa shape index (κ3) is 4.47. The molecule has 0 heteroatoms. The lowest BCUT2D eigenvalue weighted by Gasteiger charge is -2.25. The first kappa shape index (κ1) is 31.8. The molecule has 264 valence electrons. The van der Waals surface area contributed by atoms with Crippen molar-refractivity contribution in [1.82, 2.24) is 0 Å². The number of hydrogen-bond donors (Lipinski definition) is 0. The first-order valence-corrected chi connectivity index (χ1v) is 20.1. The lowest BCUT2D eigenvalue weighted by molar-refractivity contribution is 0.659. The standard InChI is InChI=1S/C56H40/c1-56(2)52-24-10-9-20-45(52)46-28-26-38(33-53(46)56)54(47-22-11-16-34-13-3-6-17-40(34)47)37-25-27-42-39(29-37)32-51-49(42)31-36-15-5-8-19-43(36)55(51)48-23-12-21-44-41-18-7-4-14-35(41)30-50(44)48/h3-29,31,33,54H,30,32H2,1-2H3. The lowest BCUT2D eigenvalue weighted by Crippen LogP contribution is -2.16. The van der Waals surface area contributed by atoms with Crippen LogP contribution in [0.3, 0.4) is 0 Å². The molecule has 0 radical (unpaired) electrons. The average Bonchev–Trinajstić information content (AvgIpc) is 3.87. The van der Waals surface area contributed by atoms with E-state index in [9.17, 15) is 0 Å². The summed E-state index contributed by atoms with van der Waals surface area (Å²) in [6, 6.07) is 66.9. The molecule has 0 saturated heterocycles. The van der Waals surface area contributed by atoms with Gasteiger partial charge in [-0.2, -0.15) is 0 Å². The van der Waals surface area contributed by atoms with E-state index in [1.165, 1.54) is 116 Å². The van der Waals surface area contributed by atoms with Gasteiger partial charge in [-0.1, -0.05) is 184 Å². The highest BCUT2D eigenvalue weighted by Crippen LogP contribution is 2.52. The molecular weight excluding hydrogens is 673 g/mol.